The van der Waals surface area contributed by atoms with Crippen LogP contribution < -0.4 is 10.1 Å². The second-order valence-corrected chi connectivity index (χ2v) is 5.51. The van der Waals surface area contributed by atoms with Gasteiger partial charge in [-0.3, -0.25) is 0 Å². The number of anilines is 1. The summed E-state index contributed by atoms with van der Waals surface area (Å²) < 4.78 is 5.23. The molecule has 1 aliphatic carbocycles. The monoisotopic (exact) mass is 312 g/mol. The van der Waals surface area contributed by atoms with Crippen molar-refractivity contribution in [1.29, 1.82) is 0 Å². The van der Waals surface area contributed by atoms with Crippen molar-refractivity contribution in [2.24, 2.45) is 0 Å². The summed E-state index contributed by atoms with van der Waals surface area (Å²) in [5.41, 5.74) is 0.572. The molecule has 1 aromatic carbocycles. The van der Waals surface area contributed by atoms with Crippen molar-refractivity contribution in [1.82, 2.24) is 4.90 Å². The molecule has 0 radical (unpaired) electrons. The maximum Gasteiger partial charge on any atom is 0.322 e. The van der Waals surface area contributed by atoms with E-state index in [0.29, 0.717) is 35.5 Å². The molecule has 0 saturated heterocycles. The van der Waals surface area contributed by atoms with Crippen molar-refractivity contribution in [3.05, 3.63) is 23.2 Å². The molecule has 1 fully saturated rings. The standard InChI is InChI=1S/C15H21ClN2O3/c1-21-14-12(16)5-4-6-13(14)17-15(20)18(11-7-8-11)9-2-3-10-19/h4-6,11,19H,2-3,7-10H2,1H3,(H,17,20). The normalized spacial score (nSPS) is 13.9. The van der Waals surface area contributed by atoms with Crippen LogP contribution in [-0.2, 0) is 0 Å². The van der Waals surface area contributed by atoms with Gasteiger partial charge in [-0.2, -0.15) is 0 Å². The molecule has 1 aliphatic rings. The van der Waals surface area contributed by atoms with Gasteiger partial charge in [-0.15, -0.1) is 0 Å². The molecule has 0 unspecified atom stereocenters. The fourth-order valence-corrected chi connectivity index (χ4v) is 2.48. The molecule has 0 aliphatic heterocycles. The minimum atomic E-state index is -0.143. The van der Waals surface area contributed by atoms with Crippen LogP contribution in [0.5, 0.6) is 5.75 Å². The summed E-state index contributed by atoms with van der Waals surface area (Å²) in [4.78, 5) is 14.3. The van der Waals surface area contributed by atoms with Crippen molar-refractivity contribution in [3.8, 4) is 5.75 Å². The topological polar surface area (TPSA) is 61.8 Å². The van der Waals surface area contributed by atoms with E-state index in [4.69, 9.17) is 21.4 Å². The fourth-order valence-electron chi connectivity index (χ4n) is 2.23. The van der Waals surface area contributed by atoms with Crippen molar-refractivity contribution in [2.75, 3.05) is 25.6 Å². The van der Waals surface area contributed by atoms with E-state index in [0.717, 1.165) is 19.3 Å². The number of rotatable bonds is 7. The van der Waals surface area contributed by atoms with Gasteiger partial charge in [0.15, 0.2) is 5.75 Å². The van der Waals surface area contributed by atoms with Crippen LogP contribution in [-0.4, -0.2) is 42.3 Å². The minimum Gasteiger partial charge on any atom is -0.493 e. The first-order valence-electron chi connectivity index (χ1n) is 7.18. The van der Waals surface area contributed by atoms with Crippen LogP contribution in [0.4, 0.5) is 10.5 Å². The number of nitrogens with one attached hydrogen (secondary N) is 1. The molecule has 0 bridgehead atoms. The summed E-state index contributed by atoms with van der Waals surface area (Å²) in [6.07, 6.45) is 3.59. The first kappa shape index (κ1) is 15.9. The zero-order valence-electron chi connectivity index (χ0n) is 12.1. The summed E-state index contributed by atoms with van der Waals surface area (Å²) in [5, 5.41) is 12.2. The molecule has 0 spiro atoms. The molecule has 0 heterocycles. The van der Waals surface area contributed by atoms with Crippen LogP contribution in [0.1, 0.15) is 25.7 Å². The smallest absolute Gasteiger partial charge is 0.322 e. The number of carbonyl (C=O) groups excluding carboxylic acids is 1. The Morgan fingerprint density at radius 1 is 1.48 bits per heavy atom. The molecule has 0 atom stereocenters. The van der Waals surface area contributed by atoms with Crippen LogP contribution in [0.25, 0.3) is 0 Å². The SMILES string of the molecule is COc1c(Cl)cccc1NC(=O)N(CCCCO)C1CC1. The lowest BCUT2D eigenvalue weighted by Gasteiger charge is -2.23. The maximum atomic E-state index is 12.4. The Labute approximate surface area is 129 Å². The van der Waals surface area contributed by atoms with E-state index in [1.54, 1.807) is 18.2 Å². The van der Waals surface area contributed by atoms with Gasteiger partial charge >= 0.3 is 6.03 Å². The summed E-state index contributed by atoms with van der Waals surface area (Å²) in [6, 6.07) is 5.43. The van der Waals surface area contributed by atoms with E-state index in [9.17, 15) is 4.79 Å². The first-order chi connectivity index (χ1) is 10.2. The van der Waals surface area contributed by atoms with E-state index >= 15 is 0 Å². The molecular formula is C15H21ClN2O3. The lowest BCUT2D eigenvalue weighted by Crippen LogP contribution is -2.37. The highest BCUT2D eigenvalue weighted by Crippen LogP contribution is 2.33. The number of carbonyl (C=O) groups is 1. The number of hydrogen-bond donors (Lipinski definition) is 2. The number of nitrogens with zero attached hydrogens (tertiary/aromatic N) is 1. The molecule has 1 aromatic rings. The predicted octanol–water partition coefficient (Wildman–Crippen LogP) is 3.12. The molecule has 1 saturated carbocycles. The highest BCUT2D eigenvalue weighted by Gasteiger charge is 2.32. The quantitative estimate of drug-likeness (QED) is 0.760. The second-order valence-electron chi connectivity index (χ2n) is 5.11. The Bertz CT molecular complexity index is 492. The zero-order chi connectivity index (χ0) is 15.2. The third kappa shape index (κ3) is 4.25. The van der Waals surface area contributed by atoms with E-state index < -0.39 is 0 Å². The van der Waals surface area contributed by atoms with Gasteiger partial charge in [-0.1, -0.05) is 17.7 Å². The number of benzene rings is 1. The highest BCUT2D eigenvalue weighted by atomic mass is 35.5. The van der Waals surface area contributed by atoms with Crippen molar-refractivity contribution in [3.63, 3.8) is 0 Å². The average molecular weight is 313 g/mol. The van der Waals surface area contributed by atoms with Crippen molar-refractivity contribution < 1.29 is 14.6 Å². The first-order valence-corrected chi connectivity index (χ1v) is 7.56. The van der Waals surface area contributed by atoms with Crippen molar-refractivity contribution in [2.45, 2.75) is 31.7 Å². The van der Waals surface area contributed by atoms with Crippen LogP contribution in [0.15, 0.2) is 18.2 Å². The lowest BCUT2D eigenvalue weighted by molar-refractivity contribution is 0.204. The van der Waals surface area contributed by atoms with Gasteiger partial charge in [0.1, 0.15) is 0 Å². The fraction of sp³-hybridized carbons (Fsp3) is 0.533. The molecular weight excluding hydrogens is 292 g/mol. The number of hydrogen-bond acceptors (Lipinski definition) is 3. The molecule has 2 N–H and O–H groups in total. The van der Waals surface area contributed by atoms with Gasteiger partial charge in [0.2, 0.25) is 0 Å². The number of amides is 2. The highest BCUT2D eigenvalue weighted by molar-refractivity contribution is 6.32. The van der Waals surface area contributed by atoms with Crippen LogP contribution in [0.2, 0.25) is 5.02 Å². The number of ether oxygens (including phenoxy) is 1. The van der Waals surface area contributed by atoms with Gasteiger partial charge in [-0.25, -0.2) is 4.79 Å². The van der Waals surface area contributed by atoms with Gasteiger partial charge in [0.25, 0.3) is 0 Å². The third-order valence-electron chi connectivity index (χ3n) is 3.47. The van der Waals surface area contributed by atoms with Gasteiger partial charge in [0, 0.05) is 19.2 Å². The number of unbranched alkanes of at least 4 members (excludes halogenated alkanes) is 1. The van der Waals surface area contributed by atoms with Crippen LogP contribution >= 0.6 is 11.6 Å². The Morgan fingerprint density at radius 3 is 2.86 bits per heavy atom. The summed E-state index contributed by atoms with van der Waals surface area (Å²) in [5.74, 6) is 0.471. The molecule has 5 nitrogen and oxygen atoms in total. The number of methoxy groups -OCH3 is 1. The molecule has 2 amide bonds. The average Bonchev–Trinajstić information content (AvgIpc) is 3.28. The van der Waals surface area contributed by atoms with Gasteiger partial charge < -0.3 is 20.1 Å². The summed E-state index contributed by atoms with van der Waals surface area (Å²) >= 11 is 6.05. The van der Waals surface area contributed by atoms with E-state index in [2.05, 4.69) is 5.32 Å². The second kappa shape index (κ2) is 7.52. The van der Waals surface area contributed by atoms with Gasteiger partial charge in [-0.05, 0) is 37.8 Å². The zero-order valence-corrected chi connectivity index (χ0v) is 12.9. The van der Waals surface area contributed by atoms with Gasteiger partial charge in [0.05, 0.1) is 17.8 Å². The Morgan fingerprint density at radius 2 is 2.24 bits per heavy atom. The molecule has 21 heavy (non-hydrogen) atoms. The minimum absolute atomic E-state index is 0.143. The molecule has 2 rings (SSSR count). The Kier molecular flexibility index (Phi) is 5.70. The number of aliphatic hydroxyl groups is 1. The Balaban J connectivity index is 2.03. The van der Waals surface area contributed by atoms with Crippen LogP contribution in [0.3, 0.4) is 0 Å². The molecule has 0 aromatic heterocycles. The lowest BCUT2D eigenvalue weighted by atomic mass is 10.3. The summed E-state index contributed by atoms with van der Waals surface area (Å²) in [7, 11) is 1.52. The van der Waals surface area contributed by atoms with E-state index in [1.165, 1.54) is 7.11 Å². The number of para-hydroxylation sites is 1. The predicted molar refractivity (Wildman–Crippen MR) is 83.1 cm³/mol. The summed E-state index contributed by atoms with van der Waals surface area (Å²) in [6.45, 7) is 0.808. The third-order valence-corrected chi connectivity index (χ3v) is 3.77. The van der Waals surface area contributed by atoms with E-state index in [1.807, 2.05) is 4.90 Å². The van der Waals surface area contributed by atoms with Crippen molar-refractivity contribution >= 4 is 23.3 Å². The maximum absolute atomic E-state index is 12.4. The number of aliphatic hydroxyl groups excluding tert-OH is 1. The Hall–Kier alpha value is -1.46. The largest absolute Gasteiger partial charge is 0.493 e. The molecule has 116 valence electrons. The number of urea groups is 1. The van der Waals surface area contributed by atoms with Crippen LogP contribution in [0, 0.1) is 0 Å². The number of halogens is 1. The van der Waals surface area contributed by atoms with E-state index in [-0.39, 0.29) is 12.6 Å². The molecule has 6 heteroatoms.